The van der Waals surface area contributed by atoms with Gasteiger partial charge in [-0.05, 0) is 60.2 Å². The Bertz CT molecular complexity index is 1880. The van der Waals surface area contributed by atoms with Gasteiger partial charge in [-0.1, -0.05) is 24.3 Å². The van der Waals surface area contributed by atoms with Gasteiger partial charge >= 0.3 is 0 Å². The highest BCUT2D eigenvalue weighted by atomic mass is 32.2. The lowest BCUT2D eigenvalue weighted by Crippen LogP contribution is -2.22. The van der Waals surface area contributed by atoms with Crippen LogP contribution < -0.4 is 21.3 Å². The van der Waals surface area contributed by atoms with Crippen LogP contribution in [-0.2, 0) is 10.0 Å². The molecule has 0 aliphatic carbocycles. The van der Waals surface area contributed by atoms with E-state index >= 15 is 0 Å². The Morgan fingerprint density at radius 3 is 2.39 bits per heavy atom. The second-order valence-corrected chi connectivity index (χ2v) is 9.95. The number of hydrogen-bond donors (Lipinski definition) is 3. The summed E-state index contributed by atoms with van der Waals surface area (Å²) in [6.45, 7) is 0. The molecule has 0 spiro atoms. The predicted molar refractivity (Wildman–Crippen MR) is 146 cm³/mol. The number of anilines is 3. The van der Waals surface area contributed by atoms with Gasteiger partial charge in [0.15, 0.2) is 0 Å². The van der Waals surface area contributed by atoms with E-state index < -0.39 is 10.0 Å². The van der Waals surface area contributed by atoms with Gasteiger partial charge in [0.2, 0.25) is 5.95 Å². The third-order valence-corrected chi connectivity index (χ3v) is 7.29. The first kappa shape index (κ1) is 24.5. The fraction of sp³-hybridized carbons (Fsp3) is 0.0370. The van der Waals surface area contributed by atoms with Gasteiger partial charge in [0.25, 0.3) is 15.6 Å². The van der Waals surface area contributed by atoms with Gasteiger partial charge < -0.3 is 11.1 Å². The minimum absolute atomic E-state index is 0.178. The van der Waals surface area contributed by atoms with Crippen LogP contribution in [0.4, 0.5) is 17.5 Å². The van der Waals surface area contributed by atoms with Crippen LogP contribution in [0.3, 0.4) is 0 Å². The topological polar surface area (TPSA) is 156 Å². The molecule has 0 saturated carbocycles. The Kier molecular flexibility index (Phi) is 6.24. The van der Waals surface area contributed by atoms with Crippen LogP contribution >= 0.6 is 0 Å². The van der Waals surface area contributed by atoms with Crippen LogP contribution in [0.5, 0.6) is 0 Å². The standard InChI is InChI=1S/C27H21N7O3S/c1-30-27-32-23-12-9-18(13-22(23)26(35)34(27)21-5-3-2-4-6-21)19-14-24(25(29)31-16-19)38(36,37)33-20-10-7-17(15-28)8-11-20/h2-14,16,33H,1H3,(H2,29,31)(H,30,32). The lowest BCUT2D eigenvalue weighted by Gasteiger charge is -2.14. The molecule has 0 saturated heterocycles. The van der Waals surface area contributed by atoms with E-state index in [0.717, 1.165) is 0 Å². The van der Waals surface area contributed by atoms with Crippen LogP contribution in [-0.4, -0.2) is 30.0 Å². The fourth-order valence-corrected chi connectivity index (χ4v) is 5.17. The van der Waals surface area contributed by atoms with E-state index in [1.165, 1.54) is 41.1 Å². The molecule has 188 valence electrons. The minimum Gasteiger partial charge on any atom is -0.383 e. The molecule has 10 nitrogen and oxygen atoms in total. The summed E-state index contributed by atoms with van der Waals surface area (Å²) in [4.78, 5) is 22.0. The van der Waals surface area contributed by atoms with E-state index in [2.05, 4.69) is 20.0 Å². The molecule has 2 aromatic heterocycles. The van der Waals surface area contributed by atoms with Crippen molar-refractivity contribution < 1.29 is 8.42 Å². The first-order chi connectivity index (χ1) is 18.3. The third-order valence-electron chi connectivity index (χ3n) is 5.88. The molecule has 0 aliphatic heterocycles. The van der Waals surface area contributed by atoms with Gasteiger partial charge in [-0.3, -0.25) is 9.52 Å². The number of nitrogens with two attached hydrogens (primary N) is 1. The lowest BCUT2D eigenvalue weighted by atomic mass is 10.1. The maximum atomic E-state index is 13.5. The van der Waals surface area contributed by atoms with E-state index in [9.17, 15) is 13.2 Å². The zero-order chi connectivity index (χ0) is 26.9. The van der Waals surface area contributed by atoms with Crippen molar-refractivity contribution in [3.8, 4) is 22.9 Å². The fourth-order valence-electron chi connectivity index (χ4n) is 4.00. The zero-order valence-corrected chi connectivity index (χ0v) is 20.9. The molecule has 0 radical (unpaired) electrons. The maximum absolute atomic E-state index is 13.5. The summed E-state index contributed by atoms with van der Waals surface area (Å²) in [6, 6.07) is 23.6. The molecular formula is C27H21N7O3S. The van der Waals surface area contributed by atoms with Crippen LogP contribution in [0, 0.1) is 11.3 Å². The molecule has 0 unspecified atom stereocenters. The number of sulfonamides is 1. The highest BCUT2D eigenvalue weighted by molar-refractivity contribution is 7.92. The predicted octanol–water partition coefficient (Wildman–Crippen LogP) is 3.74. The van der Waals surface area contributed by atoms with Gasteiger partial charge in [0.05, 0.1) is 28.2 Å². The minimum atomic E-state index is -4.10. The van der Waals surface area contributed by atoms with Gasteiger partial charge in [-0.25, -0.2) is 23.0 Å². The average molecular weight is 524 g/mol. The quantitative estimate of drug-likeness (QED) is 0.304. The van der Waals surface area contributed by atoms with Crippen molar-refractivity contribution in [2.45, 2.75) is 4.90 Å². The molecule has 4 N–H and O–H groups in total. The van der Waals surface area contributed by atoms with Crippen molar-refractivity contribution >= 4 is 38.4 Å². The van der Waals surface area contributed by atoms with Crippen molar-refractivity contribution in [1.29, 1.82) is 5.26 Å². The molecule has 5 aromatic rings. The Morgan fingerprint density at radius 1 is 0.974 bits per heavy atom. The molecule has 0 fully saturated rings. The number of nitriles is 1. The molecule has 0 amide bonds. The normalized spacial score (nSPS) is 11.2. The summed E-state index contributed by atoms with van der Waals surface area (Å²) < 4.78 is 30.2. The molecule has 2 heterocycles. The Labute approximate surface area is 218 Å². The number of hydrogen-bond acceptors (Lipinski definition) is 8. The van der Waals surface area contributed by atoms with Crippen molar-refractivity contribution in [2.24, 2.45) is 0 Å². The van der Waals surface area contributed by atoms with Crippen molar-refractivity contribution in [1.82, 2.24) is 14.5 Å². The zero-order valence-electron chi connectivity index (χ0n) is 20.1. The summed E-state index contributed by atoms with van der Waals surface area (Å²) in [5.41, 5.74) is 8.47. The number of nitrogen functional groups attached to an aromatic ring is 1. The number of aromatic nitrogens is 3. The second-order valence-electron chi connectivity index (χ2n) is 8.30. The molecule has 38 heavy (non-hydrogen) atoms. The summed E-state index contributed by atoms with van der Waals surface area (Å²) in [7, 11) is -2.41. The average Bonchev–Trinajstić information content (AvgIpc) is 2.93. The Morgan fingerprint density at radius 2 is 1.71 bits per heavy atom. The van der Waals surface area contributed by atoms with Gasteiger partial charge in [-0.15, -0.1) is 0 Å². The molecule has 0 bridgehead atoms. The maximum Gasteiger partial charge on any atom is 0.267 e. The number of para-hydroxylation sites is 1. The lowest BCUT2D eigenvalue weighted by molar-refractivity contribution is 0.601. The van der Waals surface area contributed by atoms with Crippen LogP contribution in [0.25, 0.3) is 27.7 Å². The number of fused-ring (bicyclic) bond motifs is 1. The summed E-state index contributed by atoms with van der Waals surface area (Å²) in [5.74, 6) is 0.209. The first-order valence-electron chi connectivity index (χ1n) is 11.4. The molecule has 3 aromatic carbocycles. The summed E-state index contributed by atoms with van der Waals surface area (Å²) in [6.07, 6.45) is 1.45. The Balaban J connectivity index is 1.59. The summed E-state index contributed by atoms with van der Waals surface area (Å²) in [5, 5.41) is 12.3. The van der Waals surface area contributed by atoms with Crippen LogP contribution in [0.2, 0.25) is 0 Å². The van der Waals surface area contributed by atoms with Crippen molar-refractivity contribution in [3.63, 3.8) is 0 Å². The largest absolute Gasteiger partial charge is 0.383 e. The SMILES string of the molecule is CNc1nc2ccc(-c3cnc(N)c(S(=O)(=O)Nc4ccc(C#N)cc4)c3)cc2c(=O)n1-c1ccccc1. The van der Waals surface area contributed by atoms with Crippen LogP contribution in [0.15, 0.2) is 94.7 Å². The highest BCUT2D eigenvalue weighted by Crippen LogP contribution is 2.28. The number of nitrogens with one attached hydrogen (secondary N) is 2. The molecule has 0 atom stereocenters. The van der Waals surface area contributed by atoms with E-state index in [-0.39, 0.29) is 22.0 Å². The van der Waals surface area contributed by atoms with Crippen molar-refractivity contribution in [3.05, 3.63) is 101 Å². The monoisotopic (exact) mass is 523 g/mol. The summed E-state index contributed by atoms with van der Waals surface area (Å²) >= 11 is 0. The second kappa shape index (κ2) is 9.68. The molecule has 0 aliphatic rings. The van der Waals surface area contributed by atoms with E-state index in [4.69, 9.17) is 11.0 Å². The number of benzene rings is 3. The highest BCUT2D eigenvalue weighted by Gasteiger charge is 2.21. The molecule has 5 rings (SSSR count). The van der Waals surface area contributed by atoms with E-state index in [1.54, 1.807) is 25.2 Å². The number of pyridine rings is 1. The van der Waals surface area contributed by atoms with Crippen molar-refractivity contribution in [2.75, 3.05) is 22.8 Å². The smallest absolute Gasteiger partial charge is 0.267 e. The number of nitrogens with zero attached hydrogens (tertiary/aromatic N) is 4. The first-order valence-corrected chi connectivity index (χ1v) is 12.9. The van der Waals surface area contributed by atoms with E-state index in [0.29, 0.717) is 39.2 Å². The third kappa shape index (κ3) is 4.52. The molecular weight excluding hydrogens is 502 g/mol. The van der Waals surface area contributed by atoms with Gasteiger partial charge in [0.1, 0.15) is 10.7 Å². The molecule has 11 heteroatoms. The number of rotatable bonds is 6. The Hall–Kier alpha value is -5.21. The van der Waals surface area contributed by atoms with Gasteiger partial charge in [0, 0.05) is 24.5 Å². The van der Waals surface area contributed by atoms with Crippen LogP contribution in [0.1, 0.15) is 5.56 Å². The van der Waals surface area contributed by atoms with E-state index in [1.807, 2.05) is 36.4 Å². The van der Waals surface area contributed by atoms with Gasteiger partial charge in [-0.2, -0.15) is 5.26 Å².